The zero-order chi connectivity index (χ0) is 45.1. The van der Waals surface area contributed by atoms with Gasteiger partial charge in [-0.2, -0.15) is 0 Å². The minimum atomic E-state index is -0.921. The minimum absolute atomic E-state index is 0.120. The summed E-state index contributed by atoms with van der Waals surface area (Å²) in [6.45, 7) is 10.2. The molecule has 2 aromatic carbocycles. The number of amides is 4. The molecule has 6 heterocycles. The maximum absolute atomic E-state index is 14.2. The Balaban J connectivity index is 0.941. The van der Waals surface area contributed by atoms with Crippen LogP contribution < -0.4 is 10.6 Å². The summed E-state index contributed by atoms with van der Waals surface area (Å²) in [6, 6.07) is 19.1. The average molecular weight is 867 g/mol. The summed E-state index contributed by atoms with van der Waals surface area (Å²) in [5.74, 6) is 0.851. The predicted octanol–water partition coefficient (Wildman–Crippen LogP) is 8.05. The van der Waals surface area contributed by atoms with Crippen LogP contribution in [-0.2, 0) is 19.1 Å². The van der Waals surface area contributed by atoms with Gasteiger partial charge in [-0.25, -0.2) is 19.6 Å². The van der Waals surface area contributed by atoms with Gasteiger partial charge < -0.3 is 39.9 Å². The Hall–Kier alpha value is -7.10. The Labute approximate surface area is 371 Å². The zero-order valence-electron chi connectivity index (χ0n) is 36.9. The van der Waals surface area contributed by atoms with Crippen molar-refractivity contribution in [3.63, 3.8) is 0 Å². The Morgan fingerprint density at radius 1 is 0.703 bits per heavy atom. The highest BCUT2D eigenvalue weighted by molar-refractivity contribution is 5.89. The molecule has 2 aliphatic rings. The van der Waals surface area contributed by atoms with Gasteiger partial charge in [0, 0.05) is 47.6 Å². The van der Waals surface area contributed by atoms with Gasteiger partial charge in [-0.3, -0.25) is 19.6 Å². The molecule has 4 unspecified atom stereocenters. The number of rotatable bonds is 11. The lowest BCUT2D eigenvalue weighted by molar-refractivity contribution is -0.136. The molecule has 4 aromatic heterocycles. The maximum Gasteiger partial charge on any atom is 0.408 e. The standard InChI is InChI=1S/C48H54N10O6/c1-28(2)40(55-46(61)63-6)44(59)57-20-10-14-38(57)42-51-26-36(53-42)32-18-19-34(49-24-32)31-17-16-30-22-33(25-50-35(30)23-31)37-27-52-43(54-37)39-15-11-21-58(39)45(60)41(29-12-8-7-9-13-29)56-47(62)64-48(3,4)5/h7-9,12-13,16-19,22-28,38-41H,10-11,14-15,20-21H2,1-6H3,(H,51,53)(H,52,54)(H,55,61)(H,56,62). The Morgan fingerprint density at radius 3 is 1.94 bits per heavy atom. The molecule has 2 fully saturated rings. The number of imidazole rings is 2. The fraction of sp³-hybridized carbons (Fsp3) is 0.375. The number of hydrogen-bond donors (Lipinski definition) is 4. The third kappa shape index (κ3) is 9.45. The lowest BCUT2D eigenvalue weighted by Crippen LogP contribution is -2.51. The number of ether oxygens (including phenoxy) is 2. The van der Waals surface area contributed by atoms with E-state index in [2.05, 4.69) is 31.7 Å². The molecule has 0 saturated carbocycles. The second-order valence-corrected chi connectivity index (χ2v) is 17.7. The number of H-pyrrole nitrogens is 2. The molecule has 4 atom stereocenters. The van der Waals surface area contributed by atoms with Gasteiger partial charge in [0.2, 0.25) is 5.91 Å². The van der Waals surface area contributed by atoms with E-state index in [1.54, 1.807) is 55.4 Å². The van der Waals surface area contributed by atoms with Crippen molar-refractivity contribution in [2.75, 3.05) is 20.2 Å². The zero-order valence-corrected chi connectivity index (χ0v) is 36.9. The van der Waals surface area contributed by atoms with Gasteiger partial charge in [0.25, 0.3) is 5.91 Å². The number of benzene rings is 2. The van der Waals surface area contributed by atoms with E-state index in [1.807, 2.05) is 74.5 Å². The molecule has 0 bridgehead atoms. The van der Waals surface area contributed by atoms with Gasteiger partial charge in [-0.15, -0.1) is 0 Å². The van der Waals surface area contributed by atoms with Crippen LogP contribution in [0.1, 0.15) is 95.6 Å². The van der Waals surface area contributed by atoms with Crippen molar-refractivity contribution in [3.05, 3.63) is 109 Å². The topological polar surface area (TPSA) is 200 Å². The first-order valence-electron chi connectivity index (χ1n) is 21.7. The second kappa shape index (κ2) is 18.3. The maximum atomic E-state index is 14.2. The number of hydrogen-bond acceptors (Lipinski definition) is 10. The van der Waals surface area contributed by atoms with E-state index in [1.165, 1.54) is 7.11 Å². The number of nitrogens with zero attached hydrogens (tertiary/aromatic N) is 6. The van der Waals surface area contributed by atoms with E-state index in [0.717, 1.165) is 70.4 Å². The highest BCUT2D eigenvalue weighted by Crippen LogP contribution is 2.36. The van der Waals surface area contributed by atoms with Crippen LogP contribution in [0.4, 0.5) is 9.59 Å². The van der Waals surface area contributed by atoms with Gasteiger partial charge in [0.1, 0.15) is 29.3 Å². The van der Waals surface area contributed by atoms with Gasteiger partial charge in [-0.1, -0.05) is 56.3 Å². The number of aromatic nitrogens is 6. The third-order valence-corrected chi connectivity index (χ3v) is 11.7. The predicted molar refractivity (Wildman–Crippen MR) is 240 cm³/mol. The molecule has 0 radical (unpaired) electrons. The van der Waals surface area contributed by atoms with E-state index >= 15 is 0 Å². The summed E-state index contributed by atoms with van der Waals surface area (Å²) < 4.78 is 10.3. The van der Waals surface area contributed by atoms with Crippen molar-refractivity contribution in [2.24, 2.45) is 5.92 Å². The van der Waals surface area contributed by atoms with Crippen LogP contribution in [0.2, 0.25) is 0 Å². The van der Waals surface area contributed by atoms with Crippen LogP contribution in [0.25, 0.3) is 44.7 Å². The summed E-state index contributed by atoms with van der Waals surface area (Å²) >= 11 is 0. The van der Waals surface area contributed by atoms with Gasteiger partial charge >= 0.3 is 12.2 Å². The lowest BCUT2D eigenvalue weighted by atomic mass is 10.0. The number of alkyl carbamates (subject to hydrolysis) is 2. The van der Waals surface area contributed by atoms with Crippen molar-refractivity contribution in [2.45, 2.75) is 90.1 Å². The summed E-state index contributed by atoms with van der Waals surface area (Å²) in [5.41, 5.74) is 5.73. The van der Waals surface area contributed by atoms with Crippen LogP contribution in [-0.4, -0.2) is 95.5 Å². The van der Waals surface area contributed by atoms with Gasteiger partial charge in [0.15, 0.2) is 0 Å². The number of nitrogens with one attached hydrogen (secondary N) is 4. The molecular formula is C48H54N10O6. The Bertz CT molecular complexity index is 2640. The van der Waals surface area contributed by atoms with E-state index in [-0.39, 0.29) is 29.8 Å². The number of pyridine rings is 2. The molecule has 16 nitrogen and oxygen atoms in total. The molecule has 64 heavy (non-hydrogen) atoms. The van der Waals surface area contributed by atoms with Crippen molar-refractivity contribution >= 4 is 34.9 Å². The molecule has 16 heteroatoms. The molecule has 2 aliphatic heterocycles. The number of fused-ring (bicyclic) bond motifs is 1. The number of carbonyl (C=O) groups is 4. The summed E-state index contributed by atoms with van der Waals surface area (Å²) in [7, 11) is 1.28. The Morgan fingerprint density at radius 2 is 1.33 bits per heavy atom. The monoisotopic (exact) mass is 866 g/mol. The van der Waals surface area contributed by atoms with Crippen molar-refractivity contribution in [3.8, 4) is 33.8 Å². The van der Waals surface area contributed by atoms with Crippen LogP contribution in [0.5, 0.6) is 0 Å². The first kappa shape index (κ1) is 43.5. The number of methoxy groups -OCH3 is 1. The molecule has 6 aromatic rings. The van der Waals surface area contributed by atoms with Crippen LogP contribution in [0.15, 0.2) is 91.5 Å². The fourth-order valence-corrected chi connectivity index (χ4v) is 8.49. The molecule has 8 rings (SSSR count). The number of likely N-dealkylation sites (tertiary alicyclic amines) is 2. The van der Waals surface area contributed by atoms with Crippen molar-refractivity contribution in [1.29, 1.82) is 0 Å². The van der Waals surface area contributed by atoms with E-state index in [9.17, 15) is 19.2 Å². The van der Waals surface area contributed by atoms with E-state index in [0.29, 0.717) is 30.3 Å². The van der Waals surface area contributed by atoms with E-state index < -0.39 is 29.9 Å². The number of aromatic amines is 2. The van der Waals surface area contributed by atoms with Crippen LogP contribution >= 0.6 is 0 Å². The van der Waals surface area contributed by atoms with Crippen molar-refractivity contribution < 1.29 is 28.7 Å². The second-order valence-electron chi connectivity index (χ2n) is 17.7. The summed E-state index contributed by atoms with van der Waals surface area (Å²) in [4.78, 5) is 82.0. The molecule has 0 spiro atoms. The molecule has 2 saturated heterocycles. The highest BCUT2D eigenvalue weighted by Gasteiger charge is 2.39. The SMILES string of the molecule is COC(=O)NC(C(=O)N1CCCC1c1ncc(-c2ccc(-c3ccc4cc(-c5cnc(C6CCCN6C(=O)C(NC(=O)OC(C)(C)C)c6ccccc6)[nH]5)cnc4c3)nc2)[nH]1)C(C)C. The minimum Gasteiger partial charge on any atom is -0.453 e. The molecule has 332 valence electrons. The molecule has 0 aliphatic carbocycles. The third-order valence-electron chi connectivity index (χ3n) is 11.7. The summed E-state index contributed by atoms with van der Waals surface area (Å²) in [6.07, 6.45) is 8.95. The Kier molecular flexibility index (Phi) is 12.5. The van der Waals surface area contributed by atoms with Crippen LogP contribution in [0.3, 0.4) is 0 Å². The normalized spacial score (nSPS) is 17.4. The van der Waals surface area contributed by atoms with Gasteiger partial charge in [0.05, 0.1) is 54.2 Å². The first-order valence-corrected chi connectivity index (χ1v) is 21.7. The molecule has 4 N–H and O–H groups in total. The smallest absolute Gasteiger partial charge is 0.408 e. The first-order chi connectivity index (χ1) is 30.8. The fourth-order valence-electron chi connectivity index (χ4n) is 8.49. The largest absolute Gasteiger partial charge is 0.453 e. The van der Waals surface area contributed by atoms with Gasteiger partial charge in [-0.05, 0) is 82.2 Å². The lowest BCUT2D eigenvalue weighted by Gasteiger charge is -2.30. The average Bonchev–Trinajstić information content (AvgIpc) is 4.13. The van der Waals surface area contributed by atoms with Crippen LogP contribution in [0, 0.1) is 5.92 Å². The quantitative estimate of drug-likeness (QED) is 0.0988. The van der Waals surface area contributed by atoms with Crippen molar-refractivity contribution in [1.82, 2.24) is 50.3 Å². The summed E-state index contributed by atoms with van der Waals surface area (Å²) in [5, 5.41) is 6.45. The molecule has 4 amide bonds. The number of carbonyl (C=O) groups excluding carboxylic acids is 4. The van der Waals surface area contributed by atoms with E-state index in [4.69, 9.17) is 24.4 Å². The highest BCUT2D eigenvalue weighted by atomic mass is 16.6. The molecular weight excluding hydrogens is 813 g/mol.